The molecular formula is C13H25N5. The molecule has 0 atom stereocenters. The third-order valence-electron chi connectivity index (χ3n) is 4.01. The monoisotopic (exact) mass is 251 g/mol. The number of rotatable bonds is 5. The second-order valence-corrected chi connectivity index (χ2v) is 5.28. The summed E-state index contributed by atoms with van der Waals surface area (Å²) in [7, 11) is 4.16. The normalized spacial score (nSPS) is 24.7. The smallest absolute Gasteiger partial charge is 0.140 e. The number of nitrogens with zero attached hydrogens (tertiary/aromatic N) is 4. The van der Waals surface area contributed by atoms with Gasteiger partial charge >= 0.3 is 0 Å². The number of hydrogen-bond donors (Lipinski definition) is 1. The van der Waals surface area contributed by atoms with E-state index in [1.807, 2.05) is 11.7 Å². The summed E-state index contributed by atoms with van der Waals surface area (Å²) < 4.78 is 1.86. The van der Waals surface area contributed by atoms with Crippen molar-refractivity contribution in [2.75, 3.05) is 13.6 Å². The first-order chi connectivity index (χ1) is 8.70. The summed E-state index contributed by atoms with van der Waals surface area (Å²) in [6, 6.07) is 1.42. The van der Waals surface area contributed by atoms with Crippen molar-refractivity contribution < 1.29 is 0 Å². The van der Waals surface area contributed by atoms with Crippen molar-refractivity contribution in [3.05, 3.63) is 12.2 Å². The zero-order valence-corrected chi connectivity index (χ0v) is 11.8. The topological polar surface area (TPSA) is 46.0 Å². The molecule has 2 rings (SSSR count). The zero-order chi connectivity index (χ0) is 13.0. The molecule has 1 aliphatic carbocycles. The maximum absolute atomic E-state index is 4.29. The van der Waals surface area contributed by atoms with Crippen molar-refractivity contribution in [3.8, 4) is 0 Å². The van der Waals surface area contributed by atoms with Crippen LogP contribution in [-0.4, -0.2) is 45.3 Å². The van der Waals surface area contributed by atoms with E-state index >= 15 is 0 Å². The van der Waals surface area contributed by atoms with Crippen LogP contribution >= 0.6 is 0 Å². The number of aryl methyl sites for hydroxylation is 1. The van der Waals surface area contributed by atoms with Gasteiger partial charge in [-0.2, -0.15) is 5.10 Å². The van der Waals surface area contributed by atoms with Crippen LogP contribution in [0.1, 0.15) is 38.4 Å². The summed E-state index contributed by atoms with van der Waals surface area (Å²) in [6.07, 6.45) is 6.78. The molecule has 102 valence electrons. The highest BCUT2D eigenvalue weighted by atomic mass is 15.3. The fourth-order valence-electron chi connectivity index (χ4n) is 2.82. The Balaban J connectivity index is 1.80. The Hall–Kier alpha value is -0.940. The van der Waals surface area contributed by atoms with Crippen LogP contribution in [0.3, 0.4) is 0 Å². The Morgan fingerprint density at radius 3 is 2.67 bits per heavy atom. The molecule has 1 aromatic rings. The molecule has 1 aromatic heterocycles. The summed E-state index contributed by atoms with van der Waals surface area (Å²) in [5.41, 5.74) is 0. The van der Waals surface area contributed by atoms with Crippen LogP contribution in [0.4, 0.5) is 0 Å². The minimum absolute atomic E-state index is 0.691. The van der Waals surface area contributed by atoms with Gasteiger partial charge < -0.3 is 5.32 Å². The molecule has 0 aromatic carbocycles. The van der Waals surface area contributed by atoms with Crippen LogP contribution in [0.25, 0.3) is 0 Å². The van der Waals surface area contributed by atoms with E-state index in [4.69, 9.17) is 0 Å². The van der Waals surface area contributed by atoms with E-state index < -0.39 is 0 Å². The van der Waals surface area contributed by atoms with Crippen molar-refractivity contribution in [2.24, 2.45) is 7.05 Å². The van der Waals surface area contributed by atoms with Gasteiger partial charge in [0.2, 0.25) is 0 Å². The summed E-state index contributed by atoms with van der Waals surface area (Å²) in [4.78, 5) is 6.72. The lowest BCUT2D eigenvalue weighted by atomic mass is 9.90. The van der Waals surface area contributed by atoms with Crippen molar-refractivity contribution in [2.45, 2.75) is 51.2 Å². The van der Waals surface area contributed by atoms with Gasteiger partial charge in [0.25, 0.3) is 0 Å². The maximum atomic E-state index is 4.29. The van der Waals surface area contributed by atoms with Crippen LogP contribution < -0.4 is 5.32 Å². The van der Waals surface area contributed by atoms with Crippen molar-refractivity contribution in [3.63, 3.8) is 0 Å². The second kappa shape index (κ2) is 6.29. The highest BCUT2D eigenvalue weighted by Crippen LogP contribution is 2.23. The van der Waals surface area contributed by atoms with E-state index in [0.717, 1.165) is 25.0 Å². The average molecular weight is 251 g/mol. The van der Waals surface area contributed by atoms with Crippen LogP contribution in [0.5, 0.6) is 0 Å². The molecule has 1 N–H and O–H groups in total. The molecule has 5 nitrogen and oxygen atoms in total. The molecule has 0 unspecified atom stereocenters. The SMILES string of the molecule is CCNC1CCC(N(C)Cc2ncnn2C)CC1. The van der Waals surface area contributed by atoms with E-state index in [1.54, 1.807) is 6.33 Å². The first kappa shape index (κ1) is 13.5. The molecule has 18 heavy (non-hydrogen) atoms. The van der Waals surface area contributed by atoms with Crippen molar-refractivity contribution in [1.82, 2.24) is 25.0 Å². The van der Waals surface area contributed by atoms with Gasteiger partial charge in [0.05, 0.1) is 6.54 Å². The Kier molecular flexibility index (Phi) is 4.72. The molecule has 5 heteroatoms. The molecule has 1 aliphatic rings. The highest BCUT2D eigenvalue weighted by molar-refractivity contribution is 4.87. The Morgan fingerprint density at radius 1 is 1.39 bits per heavy atom. The number of hydrogen-bond acceptors (Lipinski definition) is 4. The minimum Gasteiger partial charge on any atom is -0.314 e. The highest BCUT2D eigenvalue weighted by Gasteiger charge is 2.24. The predicted molar refractivity (Wildman–Crippen MR) is 72.2 cm³/mol. The molecule has 0 aliphatic heterocycles. The molecule has 0 saturated heterocycles. The quantitative estimate of drug-likeness (QED) is 0.853. The Bertz CT molecular complexity index is 354. The van der Waals surface area contributed by atoms with Gasteiger partial charge in [-0.15, -0.1) is 0 Å². The molecule has 0 spiro atoms. The van der Waals surface area contributed by atoms with Crippen molar-refractivity contribution >= 4 is 0 Å². The van der Waals surface area contributed by atoms with E-state index in [0.29, 0.717) is 6.04 Å². The lowest BCUT2D eigenvalue weighted by Crippen LogP contribution is -2.40. The zero-order valence-electron chi connectivity index (χ0n) is 11.8. The first-order valence-corrected chi connectivity index (χ1v) is 6.97. The van der Waals surface area contributed by atoms with Gasteiger partial charge in [0.1, 0.15) is 12.2 Å². The first-order valence-electron chi connectivity index (χ1n) is 6.97. The van der Waals surface area contributed by atoms with Crippen LogP contribution in [-0.2, 0) is 13.6 Å². The largest absolute Gasteiger partial charge is 0.314 e. The van der Waals surface area contributed by atoms with Gasteiger partial charge in [-0.3, -0.25) is 9.58 Å². The molecular weight excluding hydrogens is 226 g/mol. The standard InChI is InChI=1S/C13H25N5/c1-4-14-11-5-7-12(8-6-11)17(2)9-13-15-10-16-18(13)3/h10-12,14H,4-9H2,1-3H3. The summed E-state index contributed by atoms with van der Waals surface area (Å²) >= 11 is 0. The van der Waals surface area contributed by atoms with Gasteiger partial charge in [-0.25, -0.2) is 4.98 Å². The third-order valence-corrected chi connectivity index (χ3v) is 4.01. The van der Waals surface area contributed by atoms with Gasteiger partial charge in [0, 0.05) is 19.1 Å². The van der Waals surface area contributed by atoms with E-state index in [1.165, 1.54) is 25.7 Å². The summed E-state index contributed by atoms with van der Waals surface area (Å²) in [5.74, 6) is 1.05. The lowest BCUT2D eigenvalue weighted by Gasteiger charge is -2.34. The van der Waals surface area contributed by atoms with Gasteiger partial charge in [0.15, 0.2) is 0 Å². The van der Waals surface area contributed by atoms with E-state index in [2.05, 4.69) is 34.3 Å². The predicted octanol–water partition coefficient (Wildman–Crippen LogP) is 1.17. The van der Waals surface area contributed by atoms with Crippen LogP contribution in [0.15, 0.2) is 6.33 Å². The maximum Gasteiger partial charge on any atom is 0.140 e. The van der Waals surface area contributed by atoms with Crippen molar-refractivity contribution in [1.29, 1.82) is 0 Å². The third kappa shape index (κ3) is 3.29. The Morgan fingerprint density at radius 2 is 2.11 bits per heavy atom. The fraction of sp³-hybridized carbons (Fsp3) is 0.846. The molecule has 1 saturated carbocycles. The number of nitrogens with one attached hydrogen (secondary N) is 1. The Labute approximate surface area is 110 Å². The molecule has 1 heterocycles. The van der Waals surface area contributed by atoms with Gasteiger partial charge in [-0.1, -0.05) is 6.92 Å². The lowest BCUT2D eigenvalue weighted by molar-refractivity contribution is 0.163. The minimum atomic E-state index is 0.691. The van der Waals surface area contributed by atoms with E-state index in [-0.39, 0.29) is 0 Å². The average Bonchev–Trinajstić information content (AvgIpc) is 2.76. The van der Waals surface area contributed by atoms with Crippen LogP contribution in [0, 0.1) is 0 Å². The fourth-order valence-corrected chi connectivity index (χ4v) is 2.82. The molecule has 0 amide bonds. The van der Waals surface area contributed by atoms with Crippen LogP contribution in [0.2, 0.25) is 0 Å². The summed E-state index contributed by atoms with van der Waals surface area (Å²) in [5, 5.41) is 7.67. The molecule has 0 bridgehead atoms. The molecule has 0 radical (unpaired) electrons. The summed E-state index contributed by atoms with van der Waals surface area (Å²) in [6.45, 7) is 4.17. The van der Waals surface area contributed by atoms with E-state index in [9.17, 15) is 0 Å². The molecule has 1 fully saturated rings. The second-order valence-electron chi connectivity index (χ2n) is 5.28. The number of aromatic nitrogens is 3. The van der Waals surface area contributed by atoms with Gasteiger partial charge in [-0.05, 0) is 39.3 Å².